The van der Waals surface area contributed by atoms with Crippen LogP contribution in [0.25, 0.3) is 16.9 Å². The Balaban J connectivity index is 1.98. The van der Waals surface area contributed by atoms with Gasteiger partial charge in [0.05, 0.1) is 17.6 Å². The Morgan fingerprint density at radius 1 is 1.25 bits per heavy atom. The van der Waals surface area contributed by atoms with Gasteiger partial charge in [0.2, 0.25) is 0 Å². The van der Waals surface area contributed by atoms with E-state index in [0.29, 0.717) is 5.69 Å². The van der Waals surface area contributed by atoms with E-state index in [0.717, 1.165) is 11.3 Å². The number of carboxylic acids is 1. The Labute approximate surface area is 114 Å². The van der Waals surface area contributed by atoms with Crippen LogP contribution in [0.3, 0.4) is 0 Å². The summed E-state index contributed by atoms with van der Waals surface area (Å²) in [5.74, 6) is -0.998. The lowest BCUT2D eigenvalue weighted by atomic mass is 10.2. The van der Waals surface area contributed by atoms with E-state index in [1.807, 2.05) is 36.5 Å². The number of benzene rings is 1. The maximum Gasteiger partial charge on any atom is 0.354 e. The summed E-state index contributed by atoms with van der Waals surface area (Å²) in [7, 11) is 1.61. The molecule has 0 atom stereocenters. The number of carboxylic acid groups (broad SMARTS) is 1. The second-order valence-electron chi connectivity index (χ2n) is 4.35. The molecular weight excluding hydrogens is 256 g/mol. The van der Waals surface area contributed by atoms with Crippen LogP contribution >= 0.6 is 0 Å². The highest BCUT2D eigenvalue weighted by molar-refractivity contribution is 5.87. The van der Waals surface area contributed by atoms with Crippen LogP contribution in [0.1, 0.15) is 10.5 Å². The summed E-state index contributed by atoms with van der Waals surface area (Å²) < 4.78 is 3.07. The maximum atomic E-state index is 11.0. The lowest BCUT2D eigenvalue weighted by molar-refractivity contribution is 0.0685. The minimum Gasteiger partial charge on any atom is -0.477 e. The van der Waals surface area contributed by atoms with Crippen molar-refractivity contribution in [3.8, 4) is 16.9 Å². The van der Waals surface area contributed by atoms with Crippen molar-refractivity contribution in [2.45, 2.75) is 0 Å². The lowest BCUT2D eigenvalue weighted by Gasteiger charge is -1.98. The van der Waals surface area contributed by atoms with Gasteiger partial charge >= 0.3 is 5.97 Å². The van der Waals surface area contributed by atoms with Crippen LogP contribution in [0.4, 0.5) is 0 Å². The second kappa shape index (κ2) is 4.65. The minimum atomic E-state index is -0.998. The van der Waals surface area contributed by atoms with Crippen molar-refractivity contribution >= 4 is 5.97 Å². The van der Waals surface area contributed by atoms with E-state index in [2.05, 4.69) is 10.2 Å². The number of rotatable bonds is 3. The Morgan fingerprint density at radius 3 is 2.65 bits per heavy atom. The van der Waals surface area contributed by atoms with Crippen molar-refractivity contribution in [2.75, 3.05) is 0 Å². The van der Waals surface area contributed by atoms with Crippen LogP contribution in [0.5, 0.6) is 0 Å². The molecule has 0 spiro atoms. The predicted molar refractivity (Wildman–Crippen MR) is 72.7 cm³/mol. The van der Waals surface area contributed by atoms with Crippen molar-refractivity contribution in [2.24, 2.45) is 7.05 Å². The first-order valence-electron chi connectivity index (χ1n) is 6.03. The Hall–Kier alpha value is -2.89. The average Bonchev–Trinajstić information content (AvgIpc) is 3.06. The Morgan fingerprint density at radius 2 is 2.00 bits per heavy atom. The van der Waals surface area contributed by atoms with Gasteiger partial charge in [-0.1, -0.05) is 18.2 Å². The van der Waals surface area contributed by atoms with Gasteiger partial charge in [0.25, 0.3) is 0 Å². The lowest BCUT2D eigenvalue weighted by Crippen LogP contribution is -2.04. The summed E-state index contributed by atoms with van der Waals surface area (Å²) in [5, 5.41) is 17.5. The summed E-state index contributed by atoms with van der Waals surface area (Å²) in [6.07, 6.45) is 3.49. The Kier molecular flexibility index (Phi) is 2.83. The van der Waals surface area contributed by atoms with Crippen molar-refractivity contribution in [1.82, 2.24) is 19.6 Å². The normalized spacial score (nSPS) is 10.7. The number of hydrogen-bond acceptors (Lipinski definition) is 3. The first-order valence-corrected chi connectivity index (χ1v) is 6.03. The summed E-state index contributed by atoms with van der Waals surface area (Å²) in [5.41, 5.74) is 2.45. The largest absolute Gasteiger partial charge is 0.477 e. The SMILES string of the molecule is Cn1nc(-c2cnn(-c3ccccc3)c2)cc1C(=O)O. The third-order valence-electron chi connectivity index (χ3n) is 3.00. The fourth-order valence-electron chi connectivity index (χ4n) is 1.99. The van der Waals surface area contributed by atoms with Gasteiger partial charge in [0.15, 0.2) is 0 Å². The molecule has 0 aliphatic heterocycles. The van der Waals surface area contributed by atoms with Gasteiger partial charge in [-0.15, -0.1) is 0 Å². The smallest absolute Gasteiger partial charge is 0.354 e. The monoisotopic (exact) mass is 268 g/mol. The Bertz CT molecular complexity index is 759. The molecule has 6 nitrogen and oxygen atoms in total. The highest BCUT2D eigenvalue weighted by Gasteiger charge is 2.14. The quantitative estimate of drug-likeness (QED) is 0.788. The molecule has 1 aromatic carbocycles. The molecule has 100 valence electrons. The molecule has 2 heterocycles. The average molecular weight is 268 g/mol. The first-order chi connectivity index (χ1) is 9.65. The maximum absolute atomic E-state index is 11.0. The molecule has 0 aliphatic rings. The highest BCUT2D eigenvalue weighted by atomic mass is 16.4. The number of aromatic nitrogens is 4. The standard InChI is InChI=1S/C14H12N4O2/c1-17-13(14(19)20)7-12(16-17)10-8-15-18(9-10)11-5-3-2-4-6-11/h2-9H,1H3,(H,19,20). The first kappa shape index (κ1) is 12.2. The number of carbonyl (C=O) groups is 1. The van der Waals surface area contributed by atoms with Crippen LogP contribution < -0.4 is 0 Å². The molecule has 0 aliphatic carbocycles. The third-order valence-corrected chi connectivity index (χ3v) is 3.00. The summed E-state index contributed by atoms with van der Waals surface area (Å²) >= 11 is 0. The molecule has 0 amide bonds. The van der Waals surface area contributed by atoms with Crippen LogP contribution in [0.2, 0.25) is 0 Å². The molecule has 3 rings (SSSR count). The predicted octanol–water partition coefficient (Wildman–Crippen LogP) is 1.97. The van der Waals surface area contributed by atoms with Crippen molar-refractivity contribution < 1.29 is 9.90 Å². The molecule has 0 bridgehead atoms. The highest BCUT2D eigenvalue weighted by Crippen LogP contribution is 2.19. The zero-order valence-corrected chi connectivity index (χ0v) is 10.8. The van der Waals surface area contributed by atoms with Crippen LogP contribution in [0, 0.1) is 0 Å². The molecule has 0 fully saturated rings. The van der Waals surface area contributed by atoms with Crippen LogP contribution in [-0.2, 0) is 7.05 Å². The zero-order valence-electron chi connectivity index (χ0n) is 10.8. The van der Waals surface area contributed by atoms with Crippen LogP contribution in [0.15, 0.2) is 48.8 Å². The number of aryl methyl sites for hydroxylation is 1. The molecule has 3 aromatic rings. The summed E-state index contributed by atoms with van der Waals surface area (Å²) in [6.45, 7) is 0. The summed E-state index contributed by atoms with van der Waals surface area (Å²) in [4.78, 5) is 11.0. The van der Waals surface area contributed by atoms with E-state index in [1.165, 1.54) is 10.7 Å². The minimum absolute atomic E-state index is 0.146. The number of aromatic carboxylic acids is 1. The molecule has 0 unspecified atom stereocenters. The van der Waals surface area contributed by atoms with Gasteiger partial charge < -0.3 is 5.11 Å². The molecular formula is C14H12N4O2. The second-order valence-corrected chi connectivity index (χ2v) is 4.35. The number of hydrogen-bond donors (Lipinski definition) is 1. The van der Waals surface area contributed by atoms with Crippen molar-refractivity contribution in [1.29, 1.82) is 0 Å². The molecule has 0 saturated heterocycles. The third kappa shape index (κ3) is 2.07. The molecule has 0 saturated carbocycles. The molecule has 20 heavy (non-hydrogen) atoms. The van der Waals surface area contributed by atoms with Gasteiger partial charge in [-0.3, -0.25) is 4.68 Å². The molecule has 0 radical (unpaired) electrons. The molecule has 2 aromatic heterocycles. The van der Waals surface area contributed by atoms with Gasteiger partial charge in [-0.2, -0.15) is 10.2 Å². The zero-order chi connectivity index (χ0) is 14.1. The van der Waals surface area contributed by atoms with Crippen LogP contribution in [-0.4, -0.2) is 30.6 Å². The van der Waals surface area contributed by atoms with E-state index >= 15 is 0 Å². The number of nitrogens with zero attached hydrogens (tertiary/aromatic N) is 4. The van der Waals surface area contributed by atoms with E-state index in [9.17, 15) is 4.79 Å². The van der Waals surface area contributed by atoms with Gasteiger partial charge in [0, 0.05) is 18.8 Å². The van der Waals surface area contributed by atoms with Crippen molar-refractivity contribution in [3.05, 3.63) is 54.5 Å². The molecule has 1 N–H and O–H groups in total. The fraction of sp³-hybridized carbons (Fsp3) is 0.0714. The van der Waals surface area contributed by atoms with E-state index in [4.69, 9.17) is 5.11 Å². The van der Waals surface area contributed by atoms with E-state index in [-0.39, 0.29) is 5.69 Å². The van der Waals surface area contributed by atoms with Gasteiger partial charge in [-0.05, 0) is 18.2 Å². The fourth-order valence-corrected chi connectivity index (χ4v) is 1.99. The van der Waals surface area contributed by atoms with E-state index < -0.39 is 5.97 Å². The van der Waals surface area contributed by atoms with E-state index in [1.54, 1.807) is 17.9 Å². The summed E-state index contributed by atoms with van der Waals surface area (Å²) in [6, 6.07) is 11.2. The topological polar surface area (TPSA) is 72.9 Å². The van der Waals surface area contributed by atoms with Crippen molar-refractivity contribution in [3.63, 3.8) is 0 Å². The van der Waals surface area contributed by atoms with Gasteiger partial charge in [0.1, 0.15) is 5.69 Å². The molecule has 6 heteroatoms. The number of para-hydroxylation sites is 1. The van der Waals surface area contributed by atoms with Gasteiger partial charge in [-0.25, -0.2) is 9.48 Å².